The Kier molecular flexibility index (Phi) is 4.94. The number of amides is 1. The van der Waals surface area contributed by atoms with Crippen LogP contribution in [0.2, 0.25) is 0 Å². The zero-order valence-electron chi connectivity index (χ0n) is 13.8. The Hall–Kier alpha value is -1.82. The summed E-state index contributed by atoms with van der Waals surface area (Å²) >= 11 is 3.48. The predicted molar refractivity (Wildman–Crippen MR) is 95.9 cm³/mol. The van der Waals surface area contributed by atoms with E-state index in [2.05, 4.69) is 21.2 Å². The van der Waals surface area contributed by atoms with E-state index in [1.807, 2.05) is 31.3 Å². The maximum absolute atomic E-state index is 12.6. The maximum Gasteiger partial charge on any atom is 0.356 e. The van der Waals surface area contributed by atoms with Gasteiger partial charge in [0.25, 0.3) is 5.91 Å². The molecule has 6 heteroatoms. The van der Waals surface area contributed by atoms with Crippen LogP contribution in [0.25, 0.3) is 10.9 Å². The number of para-hydroxylation sites is 1. The van der Waals surface area contributed by atoms with Gasteiger partial charge < -0.3 is 14.6 Å². The Labute approximate surface area is 149 Å². The molecule has 0 bridgehead atoms. The molecular weight excluding hydrogens is 372 g/mol. The van der Waals surface area contributed by atoms with Gasteiger partial charge in [0.05, 0.1) is 4.47 Å². The molecule has 24 heavy (non-hydrogen) atoms. The third-order valence-electron chi connectivity index (χ3n) is 4.59. The van der Waals surface area contributed by atoms with E-state index in [-0.39, 0.29) is 11.9 Å². The van der Waals surface area contributed by atoms with Gasteiger partial charge in [-0.2, -0.15) is 0 Å². The SMILES string of the molecule is CC(OC(=O)c1c(Br)c2ccccc2n1C)C(=O)NC1CCCC1. The first-order valence-corrected chi connectivity index (χ1v) is 9.02. The quantitative estimate of drug-likeness (QED) is 0.809. The molecule has 2 aromatic rings. The lowest BCUT2D eigenvalue weighted by molar-refractivity contribution is -0.129. The molecule has 1 fully saturated rings. The normalized spacial score (nSPS) is 16.3. The Morgan fingerprint density at radius 2 is 1.96 bits per heavy atom. The third-order valence-corrected chi connectivity index (χ3v) is 5.40. The first kappa shape index (κ1) is 17.0. The highest BCUT2D eigenvalue weighted by molar-refractivity contribution is 9.10. The molecule has 1 saturated carbocycles. The molecule has 1 aliphatic rings. The average Bonchev–Trinajstić information content (AvgIpc) is 3.15. The Morgan fingerprint density at radius 1 is 1.29 bits per heavy atom. The number of benzene rings is 1. The smallest absolute Gasteiger partial charge is 0.356 e. The third kappa shape index (κ3) is 3.20. The fourth-order valence-electron chi connectivity index (χ4n) is 3.23. The van der Waals surface area contributed by atoms with Crippen molar-refractivity contribution < 1.29 is 14.3 Å². The molecule has 1 heterocycles. The summed E-state index contributed by atoms with van der Waals surface area (Å²) in [5, 5.41) is 3.90. The van der Waals surface area contributed by atoms with Crippen LogP contribution in [0.3, 0.4) is 0 Å². The average molecular weight is 393 g/mol. The highest BCUT2D eigenvalue weighted by Crippen LogP contribution is 2.30. The predicted octanol–water partition coefficient (Wildman–Crippen LogP) is 3.54. The van der Waals surface area contributed by atoms with Crippen LogP contribution >= 0.6 is 15.9 Å². The number of hydrogen-bond acceptors (Lipinski definition) is 3. The molecule has 0 saturated heterocycles. The Morgan fingerprint density at radius 3 is 2.62 bits per heavy atom. The van der Waals surface area contributed by atoms with Crippen molar-refractivity contribution in [2.75, 3.05) is 0 Å². The van der Waals surface area contributed by atoms with Gasteiger partial charge >= 0.3 is 5.97 Å². The van der Waals surface area contributed by atoms with Crippen molar-refractivity contribution in [2.45, 2.75) is 44.8 Å². The van der Waals surface area contributed by atoms with Gasteiger partial charge in [-0.05, 0) is 41.8 Å². The number of nitrogens with one attached hydrogen (secondary N) is 1. The van der Waals surface area contributed by atoms with Crippen molar-refractivity contribution in [3.8, 4) is 0 Å². The monoisotopic (exact) mass is 392 g/mol. The van der Waals surface area contributed by atoms with Crippen LogP contribution in [0.4, 0.5) is 0 Å². The molecule has 0 radical (unpaired) electrons. The first-order chi connectivity index (χ1) is 11.5. The second-order valence-electron chi connectivity index (χ2n) is 6.28. The summed E-state index contributed by atoms with van der Waals surface area (Å²) in [6, 6.07) is 7.92. The van der Waals surface area contributed by atoms with Crippen LogP contribution in [0, 0.1) is 0 Å². The number of carbonyl (C=O) groups is 2. The number of aromatic nitrogens is 1. The van der Waals surface area contributed by atoms with Crippen molar-refractivity contribution in [3.05, 3.63) is 34.4 Å². The van der Waals surface area contributed by atoms with Crippen LogP contribution in [0.1, 0.15) is 43.1 Å². The number of esters is 1. The lowest BCUT2D eigenvalue weighted by Gasteiger charge is -2.17. The number of fused-ring (bicyclic) bond motifs is 1. The summed E-state index contributed by atoms with van der Waals surface area (Å²) in [6.45, 7) is 1.61. The summed E-state index contributed by atoms with van der Waals surface area (Å²) in [4.78, 5) is 24.8. The molecule has 128 valence electrons. The van der Waals surface area contributed by atoms with Gasteiger partial charge in [0.1, 0.15) is 5.69 Å². The number of nitrogens with zero attached hydrogens (tertiary/aromatic N) is 1. The molecule has 0 aliphatic heterocycles. The number of carbonyl (C=O) groups excluding carboxylic acids is 2. The largest absolute Gasteiger partial charge is 0.448 e. The fourth-order valence-corrected chi connectivity index (χ4v) is 4.00. The molecule has 0 spiro atoms. The molecule has 1 amide bonds. The van der Waals surface area contributed by atoms with Gasteiger partial charge in [-0.3, -0.25) is 4.79 Å². The van der Waals surface area contributed by atoms with Crippen molar-refractivity contribution in [2.24, 2.45) is 7.05 Å². The standard InChI is InChI=1S/C18H21BrN2O3/c1-11(17(22)20-12-7-3-4-8-12)24-18(23)16-15(19)13-9-5-6-10-14(13)21(16)2/h5-6,9-12H,3-4,7-8H2,1-2H3,(H,20,22). The van der Waals surface area contributed by atoms with Crippen molar-refractivity contribution in [1.29, 1.82) is 0 Å². The lowest BCUT2D eigenvalue weighted by Crippen LogP contribution is -2.41. The van der Waals surface area contributed by atoms with Gasteiger partial charge in [-0.15, -0.1) is 0 Å². The van der Waals surface area contributed by atoms with E-state index in [0.29, 0.717) is 10.2 Å². The van der Waals surface area contributed by atoms with E-state index in [1.54, 1.807) is 11.5 Å². The minimum atomic E-state index is -0.817. The van der Waals surface area contributed by atoms with Gasteiger partial charge in [0.15, 0.2) is 6.10 Å². The van der Waals surface area contributed by atoms with E-state index in [9.17, 15) is 9.59 Å². The van der Waals surface area contributed by atoms with Crippen LogP contribution in [0.15, 0.2) is 28.7 Å². The van der Waals surface area contributed by atoms with Gasteiger partial charge in [0, 0.05) is 24.0 Å². The van der Waals surface area contributed by atoms with Crippen molar-refractivity contribution >= 4 is 38.7 Å². The molecule has 1 N–H and O–H groups in total. The van der Waals surface area contributed by atoms with Gasteiger partial charge in [0.2, 0.25) is 0 Å². The van der Waals surface area contributed by atoms with Crippen molar-refractivity contribution in [3.63, 3.8) is 0 Å². The zero-order valence-corrected chi connectivity index (χ0v) is 15.4. The van der Waals surface area contributed by atoms with Crippen LogP contribution < -0.4 is 5.32 Å². The molecule has 1 atom stereocenters. The minimum absolute atomic E-state index is 0.211. The summed E-state index contributed by atoms with van der Waals surface area (Å²) in [5.41, 5.74) is 1.34. The number of rotatable bonds is 4. The molecular formula is C18H21BrN2O3. The van der Waals surface area contributed by atoms with Crippen LogP contribution in [-0.2, 0) is 16.6 Å². The van der Waals surface area contributed by atoms with Gasteiger partial charge in [-0.25, -0.2) is 4.79 Å². The van der Waals surface area contributed by atoms with Gasteiger partial charge in [-0.1, -0.05) is 31.0 Å². The second kappa shape index (κ2) is 6.97. The van der Waals surface area contributed by atoms with E-state index in [1.165, 1.54) is 0 Å². The topological polar surface area (TPSA) is 60.3 Å². The first-order valence-electron chi connectivity index (χ1n) is 8.23. The number of hydrogen-bond donors (Lipinski definition) is 1. The molecule has 1 aromatic heterocycles. The number of aryl methyl sites for hydroxylation is 1. The molecule has 5 nitrogen and oxygen atoms in total. The number of ether oxygens (including phenoxy) is 1. The number of halogens is 1. The molecule has 1 aliphatic carbocycles. The van der Waals surface area contributed by atoms with E-state index in [4.69, 9.17) is 4.74 Å². The molecule has 1 aromatic carbocycles. The molecule has 3 rings (SSSR count). The van der Waals surface area contributed by atoms with E-state index >= 15 is 0 Å². The summed E-state index contributed by atoms with van der Waals surface area (Å²) in [7, 11) is 1.81. The minimum Gasteiger partial charge on any atom is -0.448 e. The Bertz CT molecular complexity index is 739. The summed E-state index contributed by atoms with van der Waals surface area (Å²) < 4.78 is 7.87. The Balaban J connectivity index is 1.73. The highest BCUT2D eigenvalue weighted by atomic mass is 79.9. The summed E-state index contributed by atoms with van der Waals surface area (Å²) in [6.07, 6.45) is 3.47. The highest BCUT2D eigenvalue weighted by Gasteiger charge is 2.26. The zero-order chi connectivity index (χ0) is 17.3. The van der Waals surface area contributed by atoms with Crippen LogP contribution in [-0.4, -0.2) is 28.6 Å². The van der Waals surface area contributed by atoms with Crippen molar-refractivity contribution in [1.82, 2.24) is 9.88 Å². The lowest BCUT2D eigenvalue weighted by atomic mass is 10.2. The maximum atomic E-state index is 12.6. The van der Waals surface area contributed by atoms with E-state index in [0.717, 1.165) is 36.6 Å². The fraction of sp³-hybridized carbons (Fsp3) is 0.444. The van der Waals surface area contributed by atoms with E-state index < -0.39 is 12.1 Å². The molecule has 1 unspecified atom stereocenters. The van der Waals surface area contributed by atoms with Crippen LogP contribution in [0.5, 0.6) is 0 Å². The second-order valence-corrected chi connectivity index (χ2v) is 7.07. The summed E-state index contributed by atoms with van der Waals surface area (Å²) in [5.74, 6) is -0.736.